The van der Waals surface area contributed by atoms with Gasteiger partial charge in [-0.3, -0.25) is 4.79 Å². The first-order valence-electron chi connectivity index (χ1n) is 7.56. The highest BCUT2D eigenvalue weighted by Crippen LogP contribution is 2.47. The Kier molecular flexibility index (Phi) is 2.99. The molecule has 0 radical (unpaired) electrons. The van der Waals surface area contributed by atoms with E-state index in [1.807, 2.05) is 0 Å². The average Bonchev–Trinajstić information content (AvgIpc) is 2.36. The molecule has 1 saturated carbocycles. The second-order valence-corrected chi connectivity index (χ2v) is 6.87. The lowest BCUT2D eigenvalue weighted by Gasteiger charge is -2.56. The van der Waals surface area contributed by atoms with Gasteiger partial charge >= 0.3 is 0 Å². The molecule has 2 fully saturated rings. The minimum atomic E-state index is 0.318. The third kappa shape index (κ3) is 1.81. The van der Waals surface area contributed by atoms with Crippen molar-refractivity contribution >= 4 is 5.78 Å². The Hall–Kier alpha value is -0.790. The summed E-state index contributed by atoms with van der Waals surface area (Å²) in [5, 5.41) is 0. The van der Waals surface area contributed by atoms with E-state index in [2.05, 4.69) is 31.9 Å². The summed E-state index contributed by atoms with van der Waals surface area (Å²) in [6.45, 7) is 7.17. The molecule has 3 aliphatic rings. The Balaban J connectivity index is 1.90. The van der Waals surface area contributed by atoms with Crippen LogP contribution in [0.1, 0.15) is 46.5 Å². The Labute approximate surface area is 110 Å². The highest BCUT2D eigenvalue weighted by atomic mass is 16.1. The number of nitrogens with zero attached hydrogens (tertiary/aromatic N) is 1. The maximum absolute atomic E-state index is 11.7. The fourth-order valence-electron chi connectivity index (χ4n) is 4.56. The second-order valence-electron chi connectivity index (χ2n) is 6.87. The molecule has 2 heterocycles. The SMILES string of the molecule is CC1CCC2C(C1)C(C)C(C)C1CC(=O)C=CN12. The summed E-state index contributed by atoms with van der Waals surface area (Å²) in [5.41, 5.74) is 0. The fourth-order valence-corrected chi connectivity index (χ4v) is 4.56. The summed E-state index contributed by atoms with van der Waals surface area (Å²) < 4.78 is 0. The van der Waals surface area contributed by atoms with Gasteiger partial charge in [-0.15, -0.1) is 0 Å². The lowest BCUT2D eigenvalue weighted by atomic mass is 9.63. The number of carbonyl (C=O) groups excluding carboxylic acids is 1. The molecule has 3 rings (SSSR count). The minimum absolute atomic E-state index is 0.318. The van der Waals surface area contributed by atoms with Gasteiger partial charge in [-0.05, 0) is 49.0 Å². The van der Waals surface area contributed by atoms with Crippen molar-refractivity contribution in [2.45, 2.75) is 58.5 Å². The normalized spacial score (nSPS) is 47.7. The zero-order valence-corrected chi connectivity index (χ0v) is 11.8. The van der Waals surface area contributed by atoms with E-state index in [1.165, 1.54) is 19.3 Å². The van der Waals surface area contributed by atoms with Crippen LogP contribution in [0.4, 0.5) is 0 Å². The Morgan fingerprint density at radius 3 is 2.67 bits per heavy atom. The molecule has 0 aromatic heterocycles. The van der Waals surface area contributed by atoms with E-state index >= 15 is 0 Å². The zero-order chi connectivity index (χ0) is 12.9. The molecular formula is C16H25NO. The first-order valence-corrected chi connectivity index (χ1v) is 7.56. The summed E-state index contributed by atoms with van der Waals surface area (Å²) in [6.07, 6.45) is 8.69. The van der Waals surface area contributed by atoms with Crippen molar-refractivity contribution < 1.29 is 4.79 Å². The number of rotatable bonds is 0. The van der Waals surface area contributed by atoms with Crippen molar-refractivity contribution in [3.63, 3.8) is 0 Å². The molecule has 6 unspecified atom stereocenters. The van der Waals surface area contributed by atoms with Crippen LogP contribution in [-0.4, -0.2) is 22.8 Å². The van der Waals surface area contributed by atoms with Crippen LogP contribution < -0.4 is 0 Å². The molecule has 0 N–H and O–H groups in total. The van der Waals surface area contributed by atoms with E-state index in [1.54, 1.807) is 6.08 Å². The predicted octanol–water partition coefficient (Wildman–Crippen LogP) is 3.23. The molecule has 0 aromatic carbocycles. The van der Waals surface area contributed by atoms with Gasteiger partial charge in [-0.2, -0.15) is 0 Å². The van der Waals surface area contributed by atoms with E-state index in [0.717, 1.165) is 24.2 Å². The van der Waals surface area contributed by atoms with Crippen LogP contribution in [0.15, 0.2) is 12.3 Å². The third-order valence-corrected chi connectivity index (χ3v) is 5.84. The van der Waals surface area contributed by atoms with Gasteiger partial charge in [0.05, 0.1) is 0 Å². The van der Waals surface area contributed by atoms with Gasteiger partial charge in [0, 0.05) is 24.7 Å². The van der Waals surface area contributed by atoms with E-state index in [4.69, 9.17) is 0 Å². The van der Waals surface area contributed by atoms with Gasteiger partial charge in [0.2, 0.25) is 0 Å². The molecule has 2 aliphatic heterocycles. The second kappa shape index (κ2) is 4.40. The van der Waals surface area contributed by atoms with Crippen LogP contribution in [-0.2, 0) is 4.79 Å². The van der Waals surface area contributed by atoms with Gasteiger partial charge < -0.3 is 4.90 Å². The highest BCUT2D eigenvalue weighted by Gasteiger charge is 2.47. The molecule has 0 aromatic rings. The number of fused-ring (bicyclic) bond motifs is 3. The Morgan fingerprint density at radius 1 is 1.11 bits per heavy atom. The summed E-state index contributed by atoms with van der Waals surface area (Å²) in [4.78, 5) is 14.2. The molecule has 100 valence electrons. The van der Waals surface area contributed by atoms with Crippen LogP contribution in [0.25, 0.3) is 0 Å². The molecule has 0 spiro atoms. The fraction of sp³-hybridized carbons (Fsp3) is 0.812. The van der Waals surface area contributed by atoms with Crippen molar-refractivity contribution in [2.24, 2.45) is 23.7 Å². The average molecular weight is 247 g/mol. The quantitative estimate of drug-likeness (QED) is 0.655. The molecule has 2 nitrogen and oxygen atoms in total. The van der Waals surface area contributed by atoms with Crippen LogP contribution in [0.5, 0.6) is 0 Å². The summed E-state index contributed by atoms with van der Waals surface area (Å²) in [5.74, 6) is 3.44. The summed E-state index contributed by atoms with van der Waals surface area (Å²) >= 11 is 0. The Morgan fingerprint density at radius 2 is 1.89 bits per heavy atom. The summed E-state index contributed by atoms with van der Waals surface area (Å²) in [7, 11) is 0. The third-order valence-electron chi connectivity index (χ3n) is 5.84. The van der Waals surface area contributed by atoms with Crippen LogP contribution in [0.3, 0.4) is 0 Å². The molecular weight excluding hydrogens is 222 g/mol. The van der Waals surface area contributed by atoms with Crippen molar-refractivity contribution in [1.82, 2.24) is 4.90 Å². The van der Waals surface area contributed by atoms with E-state index in [-0.39, 0.29) is 0 Å². The standard InChI is InChI=1S/C16H25NO/c1-10-4-5-15-14(8-10)11(2)12(3)16-9-13(18)6-7-17(15)16/h6-7,10-12,14-16H,4-5,8-9H2,1-3H3. The lowest BCUT2D eigenvalue weighted by Crippen LogP contribution is -2.58. The van der Waals surface area contributed by atoms with Gasteiger partial charge in [-0.1, -0.05) is 20.8 Å². The molecule has 1 saturated heterocycles. The summed E-state index contributed by atoms with van der Waals surface area (Å²) in [6, 6.07) is 1.16. The largest absolute Gasteiger partial charge is 0.370 e. The number of piperidine rings is 1. The predicted molar refractivity (Wildman–Crippen MR) is 73.0 cm³/mol. The number of allylic oxidation sites excluding steroid dienone is 1. The number of hydrogen-bond donors (Lipinski definition) is 0. The number of ketones is 1. The molecule has 18 heavy (non-hydrogen) atoms. The molecule has 1 aliphatic carbocycles. The molecule has 0 amide bonds. The smallest absolute Gasteiger partial charge is 0.159 e. The number of carbonyl (C=O) groups is 1. The van der Waals surface area contributed by atoms with E-state index in [0.29, 0.717) is 23.8 Å². The first-order chi connectivity index (χ1) is 8.58. The molecule has 0 bridgehead atoms. The van der Waals surface area contributed by atoms with Gasteiger partial charge in [-0.25, -0.2) is 0 Å². The van der Waals surface area contributed by atoms with Crippen LogP contribution in [0, 0.1) is 23.7 Å². The maximum atomic E-state index is 11.7. The highest BCUT2D eigenvalue weighted by molar-refractivity contribution is 5.90. The van der Waals surface area contributed by atoms with Gasteiger partial charge in [0.15, 0.2) is 5.78 Å². The minimum Gasteiger partial charge on any atom is -0.370 e. The monoisotopic (exact) mass is 247 g/mol. The van der Waals surface area contributed by atoms with Crippen LogP contribution >= 0.6 is 0 Å². The lowest BCUT2D eigenvalue weighted by molar-refractivity contribution is -0.120. The van der Waals surface area contributed by atoms with Crippen molar-refractivity contribution in [1.29, 1.82) is 0 Å². The zero-order valence-electron chi connectivity index (χ0n) is 11.8. The Bertz CT molecular complexity index is 375. The maximum Gasteiger partial charge on any atom is 0.159 e. The van der Waals surface area contributed by atoms with E-state index in [9.17, 15) is 4.79 Å². The topological polar surface area (TPSA) is 20.3 Å². The van der Waals surface area contributed by atoms with Gasteiger partial charge in [0.1, 0.15) is 0 Å². The van der Waals surface area contributed by atoms with E-state index < -0.39 is 0 Å². The molecule has 2 heteroatoms. The van der Waals surface area contributed by atoms with Crippen LogP contribution in [0.2, 0.25) is 0 Å². The first kappa shape index (κ1) is 12.3. The van der Waals surface area contributed by atoms with Crippen molar-refractivity contribution in [2.75, 3.05) is 0 Å². The van der Waals surface area contributed by atoms with Crippen molar-refractivity contribution in [3.05, 3.63) is 12.3 Å². The number of hydrogen-bond acceptors (Lipinski definition) is 2. The van der Waals surface area contributed by atoms with Gasteiger partial charge in [0.25, 0.3) is 0 Å². The van der Waals surface area contributed by atoms with Crippen molar-refractivity contribution in [3.8, 4) is 0 Å². The molecule has 6 atom stereocenters.